The first-order valence-corrected chi connectivity index (χ1v) is 10.8. The number of sulfonamides is 1. The van der Waals surface area contributed by atoms with Crippen molar-refractivity contribution in [2.75, 3.05) is 27.2 Å². The maximum atomic E-state index is 12.7. The lowest BCUT2D eigenvalue weighted by Crippen LogP contribution is -2.24. The molecule has 1 heterocycles. The summed E-state index contributed by atoms with van der Waals surface area (Å²) in [6.45, 7) is 1.52. The van der Waals surface area contributed by atoms with Gasteiger partial charge >= 0.3 is 0 Å². The van der Waals surface area contributed by atoms with E-state index in [0.717, 1.165) is 36.9 Å². The van der Waals surface area contributed by atoms with E-state index in [0.29, 0.717) is 17.4 Å². The summed E-state index contributed by atoms with van der Waals surface area (Å²) in [6.07, 6.45) is 5.93. The molecule has 3 rings (SSSR count). The molecule has 0 amide bonds. The first kappa shape index (κ1) is 19.8. The van der Waals surface area contributed by atoms with Crippen LogP contribution in [-0.4, -0.2) is 45.5 Å². The molecule has 0 aliphatic heterocycles. The fourth-order valence-electron chi connectivity index (χ4n) is 3.11. The number of aryl methyl sites for hydroxylation is 2. The van der Waals surface area contributed by atoms with E-state index in [4.69, 9.17) is 4.74 Å². The van der Waals surface area contributed by atoms with Gasteiger partial charge in [0.1, 0.15) is 6.61 Å². The van der Waals surface area contributed by atoms with Gasteiger partial charge in [0.05, 0.1) is 4.90 Å². The van der Waals surface area contributed by atoms with Crippen molar-refractivity contribution in [3.63, 3.8) is 0 Å². The lowest BCUT2D eigenvalue weighted by molar-refractivity contribution is 0.253. The Morgan fingerprint density at radius 3 is 2.67 bits per heavy atom. The molecule has 6 nitrogen and oxygen atoms in total. The van der Waals surface area contributed by atoms with Gasteiger partial charge in [0.15, 0.2) is 0 Å². The Morgan fingerprint density at radius 2 is 1.89 bits per heavy atom. The summed E-state index contributed by atoms with van der Waals surface area (Å²) in [5.41, 5.74) is 3.24. The second-order valence-electron chi connectivity index (χ2n) is 7.12. The minimum Gasteiger partial charge on any atom is -0.476 e. The minimum atomic E-state index is -3.55. The van der Waals surface area contributed by atoms with E-state index in [9.17, 15) is 8.42 Å². The second-order valence-corrected chi connectivity index (χ2v) is 8.88. The molecular formula is C20H27N3O3S. The number of nitrogens with one attached hydrogen (secondary N) is 1. The molecule has 1 aromatic heterocycles. The highest BCUT2D eigenvalue weighted by atomic mass is 32.2. The van der Waals surface area contributed by atoms with Gasteiger partial charge in [0.2, 0.25) is 15.9 Å². The molecule has 1 aliphatic rings. The van der Waals surface area contributed by atoms with E-state index in [2.05, 4.69) is 9.71 Å². The van der Waals surface area contributed by atoms with Gasteiger partial charge in [-0.25, -0.2) is 18.1 Å². The van der Waals surface area contributed by atoms with Gasteiger partial charge in [-0.3, -0.25) is 0 Å². The summed E-state index contributed by atoms with van der Waals surface area (Å²) in [7, 11) is 0.399. The molecule has 0 unspecified atom stereocenters. The average molecular weight is 390 g/mol. The Balaban J connectivity index is 1.63. The predicted molar refractivity (Wildman–Crippen MR) is 105 cm³/mol. The fourth-order valence-corrected chi connectivity index (χ4v) is 4.18. The third-order valence-electron chi connectivity index (χ3n) is 4.68. The molecule has 0 fully saturated rings. The number of nitrogens with zero attached hydrogens (tertiary/aromatic N) is 2. The molecule has 0 saturated heterocycles. The van der Waals surface area contributed by atoms with E-state index in [1.807, 2.05) is 31.1 Å². The van der Waals surface area contributed by atoms with Gasteiger partial charge in [-0.05, 0) is 74.7 Å². The highest BCUT2D eigenvalue weighted by molar-refractivity contribution is 7.89. The molecule has 2 aromatic rings. The van der Waals surface area contributed by atoms with Crippen LogP contribution in [0.5, 0.6) is 5.88 Å². The minimum absolute atomic E-state index is 0.200. The topological polar surface area (TPSA) is 71.5 Å². The molecular weight excluding hydrogens is 362 g/mol. The van der Waals surface area contributed by atoms with Crippen LogP contribution in [0.4, 0.5) is 0 Å². The van der Waals surface area contributed by atoms with Gasteiger partial charge in [-0.15, -0.1) is 0 Å². The van der Waals surface area contributed by atoms with Crippen molar-refractivity contribution in [2.24, 2.45) is 0 Å². The lowest BCUT2D eigenvalue weighted by Gasteiger charge is -2.17. The molecule has 7 heteroatoms. The zero-order chi connectivity index (χ0) is 19.3. The standard InChI is InChI=1S/C20H27N3O3S/c1-23(2)11-12-26-20-13-16(9-10-21-20)15-22-27(24,25)19-8-7-17-5-3-4-6-18(17)14-19/h7-10,13-14,22H,3-6,11-12,15H2,1-2H3. The molecule has 0 atom stereocenters. The largest absolute Gasteiger partial charge is 0.476 e. The number of hydrogen-bond donors (Lipinski definition) is 1. The zero-order valence-corrected chi connectivity index (χ0v) is 16.8. The van der Waals surface area contributed by atoms with Crippen LogP contribution in [-0.2, 0) is 29.4 Å². The van der Waals surface area contributed by atoms with Crippen molar-refractivity contribution >= 4 is 10.0 Å². The maximum Gasteiger partial charge on any atom is 0.240 e. The Hall–Kier alpha value is -1.96. The molecule has 0 spiro atoms. The quantitative estimate of drug-likeness (QED) is 0.751. The van der Waals surface area contributed by atoms with Crippen LogP contribution in [0.15, 0.2) is 41.4 Å². The molecule has 0 bridgehead atoms. The van der Waals surface area contributed by atoms with Crippen LogP contribution in [0.3, 0.4) is 0 Å². The van der Waals surface area contributed by atoms with E-state index in [1.54, 1.807) is 24.4 Å². The summed E-state index contributed by atoms with van der Waals surface area (Å²) in [6, 6.07) is 9.03. The number of benzene rings is 1. The van der Waals surface area contributed by atoms with Gasteiger partial charge < -0.3 is 9.64 Å². The average Bonchev–Trinajstić information content (AvgIpc) is 2.66. The number of rotatable bonds is 8. The van der Waals surface area contributed by atoms with Crippen molar-refractivity contribution < 1.29 is 13.2 Å². The Morgan fingerprint density at radius 1 is 1.11 bits per heavy atom. The normalized spacial score (nSPS) is 14.2. The van der Waals surface area contributed by atoms with Gasteiger partial charge in [-0.1, -0.05) is 6.07 Å². The van der Waals surface area contributed by atoms with Crippen LogP contribution in [0.1, 0.15) is 29.5 Å². The molecule has 27 heavy (non-hydrogen) atoms. The molecule has 0 saturated carbocycles. The summed E-state index contributed by atoms with van der Waals surface area (Å²) >= 11 is 0. The van der Waals surface area contributed by atoms with Crippen LogP contribution in [0.2, 0.25) is 0 Å². The molecule has 1 aliphatic carbocycles. The predicted octanol–water partition coefficient (Wildman–Crippen LogP) is 2.38. The summed E-state index contributed by atoms with van der Waals surface area (Å²) in [4.78, 5) is 6.53. The van der Waals surface area contributed by atoms with Crippen molar-refractivity contribution in [1.29, 1.82) is 0 Å². The summed E-state index contributed by atoms with van der Waals surface area (Å²) in [5.74, 6) is 0.502. The highest BCUT2D eigenvalue weighted by Crippen LogP contribution is 2.24. The zero-order valence-electron chi connectivity index (χ0n) is 15.9. The molecule has 146 valence electrons. The van der Waals surface area contributed by atoms with E-state index in [-0.39, 0.29) is 6.54 Å². The van der Waals surface area contributed by atoms with Crippen molar-refractivity contribution in [3.8, 4) is 5.88 Å². The summed E-state index contributed by atoms with van der Waals surface area (Å²) in [5, 5.41) is 0. The number of aromatic nitrogens is 1. The number of ether oxygens (including phenoxy) is 1. The second kappa shape index (κ2) is 8.82. The monoisotopic (exact) mass is 389 g/mol. The number of fused-ring (bicyclic) bond motifs is 1. The SMILES string of the molecule is CN(C)CCOc1cc(CNS(=O)(=O)c2ccc3c(c2)CCCC3)ccn1. The van der Waals surface area contributed by atoms with Crippen LogP contribution < -0.4 is 9.46 Å². The first-order valence-electron chi connectivity index (χ1n) is 9.28. The number of pyridine rings is 1. The highest BCUT2D eigenvalue weighted by Gasteiger charge is 2.17. The van der Waals surface area contributed by atoms with E-state index < -0.39 is 10.0 Å². The van der Waals surface area contributed by atoms with Gasteiger partial charge in [0, 0.05) is 25.4 Å². The third kappa shape index (κ3) is 5.51. The van der Waals surface area contributed by atoms with Gasteiger partial charge in [0.25, 0.3) is 0 Å². The van der Waals surface area contributed by atoms with Crippen LogP contribution in [0.25, 0.3) is 0 Å². The summed E-state index contributed by atoms with van der Waals surface area (Å²) < 4.78 is 33.6. The van der Waals surface area contributed by atoms with Crippen molar-refractivity contribution in [1.82, 2.24) is 14.6 Å². The van der Waals surface area contributed by atoms with Crippen molar-refractivity contribution in [3.05, 3.63) is 53.2 Å². The van der Waals surface area contributed by atoms with E-state index in [1.165, 1.54) is 12.0 Å². The maximum absolute atomic E-state index is 12.7. The third-order valence-corrected chi connectivity index (χ3v) is 6.08. The van der Waals surface area contributed by atoms with Crippen molar-refractivity contribution in [2.45, 2.75) is 37.1 Å². The van der Waals surface area contributed by atoms with E-state index >= 15 is 0 Å². The smallest absolute Gasteiger partial charge is 0.240 e. The fraction of sp³-hybridized carbons (Fsp3) is 0.450. The number of likely N-dealkylation sites (N-methyl/N-ethyl adjacent to an activating group) is 1. The Kier molecular flexibility index (Phi) is 6.46. The van der Waals surface area contributed by atoms with Gasteiger partial charge in [-0.2, -0.15) is 0 Å². The molecule has 1 aromatic carbocycles. The molecule has 0 radical (unpaired) electrons. The molecule has 1 N–H and O–H groups in total. The van der Waals surface area contributed by atoms with Crippen LogP contribution in [0, 0.1) is 0 Å². The van der Waals surface area contributed by atoms with Crippen LogP contribution >= 0.6 is 0 Å². The Labute approximate surface area is 161 Å². The lowest BCUT2D eigenvalue weighted by atomic mass is 9.92. The number of hydrogen-bond acceptors (Lipinski definition) is 5. The Bertz CT molecular complexity index is 882. The first-order chi connectivity index (χ1) is 12.9.